The predicted octanol–water partition coefficient (Wildman–Crippen LogP) is 3.96. The van der Waals surface area contributed by atoms with Gasteiger partial charge in [0.1, 0.15) is 0 Å². The first-order chi connectivity index (χ1) is 9.47. The molecule has 0 bridgehead atoms. The van der Waals surface area contributed by atoms with Crippen molar-refractivity contribution in [2.45, 2.75) is 58.6 Å². The monoisotopic (exact) mass is 275 g/mol. The molecule has 1 aliphatic rings. The van der Waals surface area contributed by atoms with Crippen molar-refractivity contribution in [1.29, 1.82) is 0 Å². The first kappa shape index (κ1) is 15.5. The molecule has 1 fully saturated rings. The van der Waals surface area contributed by atoms with Crippen molar-refractivity contribution in [3.8, 4) is 0 Å². The summed E-state index contributed by atoms with van der Waals surface area (Å²) in [4.78, 5) is 2.44. The highest BCUT2D eigenvalue weighted by Gasteiger charge is 2.25. The van der Waals surface area contributed by atoms with Crippen LogP contribution in [0.3, 0.4) is 0 Å². The maximum atomic E-state index is 10.5. The molecule has 3 atom stereocenters. The third kappa shape index (κ3) is 3.83. The normalized spacial score (nSPS) is 25.9. The van der Waals surface area contributed by atoms with Crippen LogP contribution in [0, 0.1) is 5.92 Å². The Labute approximate surface area is 123 Å². The highest BCUT2D eigenvalue weighted by atomic mass is 16.3. The Hall–Kier alpha value is -0.860. The molecule has 0 aliphatic carbocycles. The highest BCUT2D eigenvalue weighted by Crippen LogP contribution is 2.25. The fourth-order valence-corrected chi connectivity index (χ4v) is 3.06. The van der Waals surface area contributed by atoms with Crippen molar-refractivity contribution < 1.29 is 5.11 Å². The second-order valence-corrected chi connectivity index (χ2v) is 6.82. The lowest BCUT2D eigenvalue weighted by molar-refractivity contribution is 0.0568. The molecule has 1 aliphatic heterocycles. The van der Waals surface area contributed by atoms with Gasteiger partial charge in [-0.25, -0.2) is 0 Å². The van der Waals surface area contributed by atoms with E-state index in [9.17, 15) is 5.11 Å². The lowest BCUT2D eigenvalue weighted by atomic mass is 9.94. The summed E-state index contributed by atoms with van der Waals surface area (Å²) in [5, 5.41) is 10.5. The molecule has 1 N–H and O–H groups in total. The molecule has 0 saturated carbocycles. The van der Waals surface area contributed by atoms with E-state index in [1.54, 1.807) is 0 Å². The SMILES string of the molecule is CC1CCC(C)N(CC(O)c2ccc(C(C)C)cc2)C1. The molecule has 112 valence electrons. The largest absolute Gasteiger partial charge is 0.387 e. The van der Waals surface area contributed by atoms with Crippen LogP contribution in [-0.2, 0) is 0 Å². The van der Waals surface area contributed by atoms with E-state index < -0.39 is 0 Å². The first-order valence-electron chi connectivity index (χ1n) is 7.99. The average Bonchev–Trinajstić information content (AvgIpc) is 2.43. The third-order valence-electron chi connectivity index (χ3n) is 4.64. The van der Waals surface area contributed by atoms with Gasteiger partial charge in [0.25, 0.3) is 0 Å². The van der Waals surface area contributed by atoms with Gasteiger partial charge < -0.3 is 5.11 Å². The van der Waals surface area contributed by atoms with Gasteiger partial charge in [-0.2, -0.15) is 0 Å². The van der Waals surface area contributed by atoms with Crippen LogP contribution >= 0.6 is 0 Å². The average molecular weight is 275 g/mol. The Balaban J connectivity index is 1.98. The van der Waals surface area contributed by atoms with E-state index in [4.69, 9.17) is 0 Å². The fraction of sp³-hybridized carbons (Fsp3) is 0.667. The Kier molecular flexibility index (Phi) is 5.22. The molecule has 1 heterocycles. The lowest BCUT2D eigenvalue weighted by Gasteiger charge is -2.37. The van der Waals surface area contributed by atoms with Crippen LogP contribution in [0.15, 0.2) is 24.3 Å². The summed E-state index contributed by atoms with van der Waals surface area (Å²) in [6.07, 6.45) is 2.20. The second kappa shape index (κ2) is 6.73. The highest BCUT2D eigenvalue weighted by molar-refractivity contribution is 5.26. The zero-order chi connectivity index (χ0) is 14.7. The number of rotatable bonds is 4. The summed E-state index contributed by atoms with van der Waals surface area (Å²) in [5.74, 6) is 1.30. The topological polar surface area (TPSA) is 23.5 Å². The Morgan fingerprint density at radius 2 is 1.70 bits per heavy atom. The van der Waals surface area contributed by atoms with Crippen LogP contribution in [0.25, 0.3) is 0 Å². The molecular weight excluding hydrogens is 246 g/mol. The maximum Gasteiger partial charge on any atom is 0.0917 e. The van der Waals surface area contributed by atoms with Crippen LogP contribution in [-0.4, -0.2) is 29.1 Å². The number of piperidine rings is 1. The van der Waals surface area contributed by atoms with E-state index in [-0.39, 0.29) is 6.10 Å². The second-order valence-electron chi connectivity index (χ2n) is 6.82. The molecule has 3 unspecified atom stereocenters. The molecular formula is C18H29NO. The number of hydrogen-bond acceptors (Lipinski definition) is 2. The van der Waals surface area contributed by atoms with Gasteiger partial charge in [-0.3, -0.25) is 4.90 Å². The summed E-state index contributed by atoms with van der Waals surface area (Å²) in [6.45, 7) is 10.8. The van der Waals surface area contributed by atoms with Crippen LogP contribution in [0.1, 0.15) is 63.7 Å². The van der Waals surface area contributed by atoms with Gasteiger partial charge in [-0.15, -0.1) is 0 Å². The molecule has 1 aromatic carbocycles. The van der Waals surface area contributed by atoms with Gasteiger partial charge in [0.05, 0.1) is 6.10 Å². The molecule has 0 aromatic heterocycles. The van der Waals surface area contributed by atoms with Gasteiger partial charge in [-0.05, 0) is 42.7 Å². The van der Waals surface area contributed by atoms with Gasteiger partial charge in [-0.1, -0.05) is 45.0 Å². The summed E-state index contributed by atoms with van der Waals surface area (Å²) in [6, 6.07) is 9.04. The standard InChI is InChI=1S/C18H29NO/c1-13(2)16-7-9-17(10-8-16)18(20)12-19-11-14(3)5-6-15(19)4/h7-10,13-15,18,20H,5-6,11-12H2,1-4H3. The van der Waals surface area contributed by atoms with Crippen molar-refractivity contribution in [2.75, 3.05) is 13.1 Å². The molecule has 20 heavy (non-hydrogen) atoms. The minimum Gasteiger partial charge on any atom is -0.387 e. The number of aliphatic hydroxyl groups is 1. The van der Waals surface area contributed by atoms with E-state index >= 15 is 0 Å². The molecule has 2 rings (SSSR count). The molecule has 0 spiro atoms. The Morgan fingerprint density at radius 3 is 2.30 bits per heavy atom. The number of β-amino-alcohol motifs (C(OH)–C–C–N with tert-alkyl or cyclic N) is 1. The summed E-state index contributed by atoms with van der Waals surface area (Å²) < 4.78 is 0. The maximum absolute atomic E-state index is 10.5. The number of aliphatic hydroxyl groups excluding tert-OH is 1. The Bertz CT molecular complexity index is 412. The van der Waals surface area contributed by atoms with Gasteiger partial charge in [0.15, 0.2) is 0 Å². The smallest absolute Gasteiger partial charge is 0.0917 e. The van der Waals surface area contributed by atoms with E-state index in [1.165, 1.54) is 18.4 Å². The summed E-state index contributed by atoms with van der Waals surface area (Å²) in [5.41, 5.74) is 2.38. The van der Waals surface area contributed by atoms with Crippen LogP contribution in [0.5, 0.6) is 0 Å². The molecule has 2 heteroatoms. The van der Waals surface area contributed by atoms with E-state index in [1.807, 2.05) is 0 Å². The third-order valence-corrected chi connectivity index (χ3v) is 4.64. The molecule has 1 saturated heterocycles. The summed E-state index contributed by atoms with van der Waals surface area (Å²) >= 11 is 0. The zero-order valence-electron chi connectivity index (χ0n) is 13.3. The van der Waals surface area contributed by atoms with Crippen LogP contribution < -0.4 is 0 Å². The minimum atomic E-state index is -0.371. The van der Waals surface area contributed by atoms with E-state index in [0.29, 0.717) is 12.0 Å². The predicted molar refractivity (Wildman–Crippen MR) is 84.9 cm³/mol. The van der Waals surface area contributed by atoms with Gasteiger partial charge >= 0.3 is 0 Å². The quantitative estimate of drug-likeness (QED) is 0.899. The van der Waals surface area contributed by atoms with Crippen molar-refractivity contribution in [3.63, 3.8) is 0 Å². The van der Waals surface area contributed by atoms with E-state index in [0.717, 1.165) is 24.6 Å². The number of benzene rings is 1. The fourth-order valence-electron chi connectivity index (χ4n) is 3.06. The van der Waals surface area contributed by atoms with Crippen molar-refractivity contribution in [2.24, 2.45) is 5.92 Å². The molecule has 0 radical (unpaired) electrons. The molecule has 0 amide bonds. The van der Waals surface area contributed by atoms with Gasteiger partial charge in [0, 0.05) is 19.1 Å². The van der Waals surface area contributed by atoms with Gasteiger partial charge in [0.2, 0.25) is 0 Å². The Morgan fingerprint density at radius 1 is 1.10 bits per heavy atom. The number of likely N-dealkylation sites (tertiary alicyclic amines) is 1. The number of hydrogen-bond donors (Lipinski definition) is 1. The lowest BCUT2D eigenvalue weighted by Crippen LogP contribution is -2.43. The molecule has 1 aromatic rings. The van der Waals surface area contributed by atoms with Crippen molar-refractivity contribution in [3.05, 3.63) is 35.4 Å². The first-order valence-corrected chi connectivity index (χ1v) is 7.99. The van der Waals surface area contributed by atoms with Crippen molar-refractivity contribution >= 4 is 0 Å². The van der Waals surface area contributed by atoms with Crippen LogP contribution in [0.2, 0.25) is 0 Å². The number of nitrogens with zero attached hydrogens (tertiary/aromatic N) is 1. The molecule has 2 nitrogen and oxygen atoms in total. The van der Waals surface area contributed by atoms with E-state index in [2.05, 4.69) is 56.9 Å². The van der Waals surface area contributed by atoms with Crippen LogP contribution in [0.4, 0.5) is 0 Å². The minimum absolute atomic E-state index is 0.371. The zero-order valence-corrected chi connectivity index (χ0v) is 13.3. The summed E-state index contributed by atoms with van der Waals surface area (Å²) in [7, 11) is 0. The van der Waals surface area contributed by atoms with Crippen molar-refractivity contribution in [1.82, 2.24) is 4.90 Å².